The molecule has 6 heteroatoms. The first-order valence-electron chi connectivity index (χ1n) is 5.73. The third-order valence-corrected chi connectivity index (χ3v) is 2.34. The highest BCUT2D eigenvalue weighted by Crippen LogP contribution is 2.31. The Balaban J connectivity index is 5.46. The van der Waals surface area contributed by atoms with Crippen LogP contribution in [0.15, 0.2) is 12.2 Å². The first-order valence-corrected chi connectivity index (χ1v) is 5.73. The highest BCUT2D eigenvalue weighted by Gasteiger charge is 2.47. The third kappa shape index (κ3) is 4.70. The number of hydrogen-bond acceptors (Lipinski definition) is 4. The maximum absolute atomic E-state index is 12.2. The van der Waals surface area contributed by atoms with Gasteiger partial charge in [-0.25, -0.2) is 0 Å². The van der Waals surface area contributed by atoms with Crippen LogP contribution in [0.4, 0.5) is 8.78 Å². The van der Waals surface area contributed by atoms with E-state index in [1.807, 2.05) is 0 Å². The lowest BCUT2D eigenvalue weighted by molar-refractivity contribution is -0.171. The Labute approximate surface area is 110 Å². The summed E-state index contributed by atoms with van der Waals surface area (Å²) in [5.41, 5.74) is -1.91. The largest absolute Gasteiger partial charge is 0.465 e. The van der Waals surface area contributed by atoms with Gasteiger partial charge >= 0.3 is 11.9 Å². The van der Waals surface area contributed by atoms with Gasteiger partial charge in [-0.3, -0.25) is 9.59 Å². The fourth-order valence-electron chi connectivity index (χ4n) is 1.43. The van der Waals surface area contributed by atoms with Gasteiger partial charge in [-0.1, -0.05) is 0 Å². The smallest absolute Gasteiger partial charge is 0.324 e. The summed E-state index contributed by atoms with van der Waals surface area (Å²) in [5, 5.41) is 0. The fraction of sp³-hybridized carbons (Fsp3) is 0.538. The molecule has 0 aromatic rings. The molecule has 0 fully saturated rings. The number of terminal acetylenes is 1. The van der Waals surface area contributed by atoms with Gasteiger partial charge in [0.05, 0.1) is 13.2 Å². The second-order valence-corrected chi connectivity index (χ2v) is 3.60. The molecule has 0 unspecified atom stereocenters. The fourth-order valence-corrected chi connectivity index (χ4v) is 1.43. The lowest BCUT2D eigenvalue weighted by atomic mass is 9.81. The third-order valence-electron chi connectivity index (χ3n) is 2.34. The molecule has 0 rings (SSSR count). The second kappa shape index (κ2) is 8.25. The highest BCUT2D eigenvalue weighted by atomic mass is 19.3. The van der Waals surface area contributed by atoms with Gasteiger partial charge in [-0.15, -0.1) is 12.3 Å². The SMILES string of the molecule is C#CCC(CC=C(F)F)(C(=O)OCC)C(=O)OCC. The molecule has 0 atom stereocenters. The van der Waals surface area contributed by atoms with E-state index in [4.69, 9.17) is 15.9 Å². The van der Waals surface area contributed by atoms with Crippen molar-refractivity contribution in [1.29, 1.82) is 0 Å². The average molecular weight is 274 g/mol. The number of allylic oxidation sites excluding steroid dienone is 1. The second-order valence-electron chi connectivity index (χ2n) is 3.60. The topological polar surface area (TPSA) is 52.6 Å². The van der Waals surface area contributed by atoms with Crippen molar-refractivity contribution in [2.45, 2.75) is 26.7 Å². The molecule has 0 amide bonds. The molecular formula is C13H16F2O4. The molecular weight excluding hydrogens is 258 g/mol. The van der Waals surface area contributed by atoms with Crippen molar-refractivity contribution in [2.24, 2.45) is 5.41 Å². The van der Waals surface area contributed by atoms with E-state index in [0.29, 0.717) is 6.08 Å². The van der Waals surface area contributed by atoms with Crippen LogP contribution in [0.3, 0.4) is 0 Å². The molecule has 19 heavy (non-hydrogen) atoms. The summed E-state index contributed by atoms with van der Waals surface area (Å²) in [6.07, 6.45) is 2.65. The molecule has 0 radical (unpaired) electrons. The van der Waals surface area contributed by atoms with Gasteiger partial charge in [0.25, 0.3) is 6.08 Å². The van der Waals surface area contributed by atoms with E-state index < -0.39 is 29.9 Å². The van der Waals surface area contributed by atoms with Crippen LogP contribution >= 0.6 is 0 Å². The molecule has 0 N–H and O–H groups in total. The van der Waals surface area contributed by atoms with Gasteiger partial charge < -0.3 is 9.47 Å². The van der Waals surface area contributed by atoms with Crippen molar-refractivity contribution in [1.82, 2.24) is 0 Å². The molecule has 0 aliphatic rings. The Kier molecular flexibility index (Phi) is 7.42. The number of halogens is 2. The predicted molar refractivity (Wildman–Crippen MR) is 64.1 cm³/mol. The van der Waals surface area contributed by atoms with Crippen molar-refractivity contribution >= 4 is 11.9 Å². The van der Waals surface area contributed by atoms with Crippen molar-refractivity contribution in [3.63, 3.8) is 0 Å². The Morgan fingerprint density at radius 1 is 1.21 bits per heavy atom. The Hall–Kier alpha value is -1.90. The minimum absolute atomic E-state index is 0.00633. The Bertz CT molecular complexity index is 374. The van der Waals surface area contributed by atoms with Gasteiger partial charge in [0.1, 0.15) is 0 Å². The van der Waals surface area contributed by atoms with Crippen LogP contribution in [-0.2, 0) is 19.1 Å². The Morgan fingerprint density at radius 3 is 2.00 bits per heavy atom. The number of carbonyl (C=O) groups is 2. The minimum atomic E-state index is -2.00. The number of esters is 2. The minimum Gasteiger partial charge on any atom is -0.465 e. The monoisotopic (exact) mass is 274 g/mol. The number of carbonyl (C=O) groups excluding carboxylic acids is 2. The van der Waals surface area contributed by atoms with Crippen molar-refractivity contribution in [3.05, 3.63) is 12.2 Å². The predicted octanol–water partition coefficient (Wildman–Crippen LogP) is 2.29. The lowest BCUT2D eigenvalue weighted by Crippen LogP contribution is -2.41. The molecule has 0 saturated carbocycles. The molecule has 0 saturated heterocycles. The van der Waals surface area contributed by atoms with Gasteiger partial charge in [0, 0.05) is 6.42 Å². The quantitative estimate of drug-likeness (QED) is 0.406. The van der Waals surface area contributed by atoms with Crippen molar-refractivity contribution in [3.8, 4) is 12.3 Å². The summed E-state index contributed by atoms with van der Waals surface area (Å²) in [6, 6.07) is 0. The first kappa shape index (κ1) is 17.1. The number of ether oxygens (including phenoxy) is 2. The van der Waals surface area contributed by atoms with E-state index in [-0.39, 0.29) is 19.6 Å². The summed E-state index contributed by atoms with van der Waals surface area (Å²) >= 11 is 0. The number of hydrogen-bond donors (Lipinski definition) is 0. The maximum Gasteiger partial charge on any atom is 0.324 e. The molecule has 0 bridgehead atoms. The molecule has 0 aromatic carbocycles. The van der Waals surface area contributed by atoms with E-state index in [9.17, 15) is 18.4 Å². The maximum atomic E-state index is 12.2. The van der Waals surface area contributed by atoms with Crippen LogP contribution in [0.1, 0.15) is 26.7 Å². The van der Waals surface area contributed by atoms with Gasteiger partial charge in [-0.05, 0) is 26.3 Å². The van der Waals surface area contributed by atoms with Crippen LogP contribution in [-0.4, -0.2) is 25.2 Å². The van der Waals surface area contributed by atoms with Crippen LogP contribution < -0.4 is 0 Å². The standard InChI is InChI=1S/C13H16F2O4/c1-4-8-13(9-7-10(14)15,11(16)18-5-2)12(17)19-6-3/h1,7H,5-6,8-9H2,2-3H3. The highest BCUT2D eigenvalue weighted by molar-refractivity contribution is 6.00. The molecule has 0 aliphatic heterocycles. The van der Waals surface area contributed by atoms with Gasteiger partial charge in [0.15, 0.2) is 5.41 Å². The van der Waals surface area contributed by atoms with E-state index in [0.717, 1.165) is 0 Å². The van der Waals surface area contributed by atoms with Crippen molar-refractivity contribution < 1.29 is 27.8 Å². The zero-order chi connectivity index (χ0) is 14.9. The molecule has 0 aliphatic carbocycles. The lowest BCUT2D eigenvalue weighted by Gasteiger charge is -2.25. The van der Waals surface area contributed by atoms with Gasteiger partial charge in [0.2, 0.25) is 0 Å². The number of rotatable bonds is 7. The summed E-state index contributed by atoms with van der Waals surface area (Å²) in [5.74, 6) is 0.226. The molecule has 0 heterocycles. The van der Waals surface area contributed by atoms with E-state index in [2.05, 4.69) is 5.92 Å². The van der Waals surface area contributed by atoms with Crippen molar-refractivity contribution in [2.75, 3.05) is 13.2 Å². The van der Waals surface area contributed by atoms with Crippen LogP contribution in [0, 0.1) is 17.8 Å². The normalized spacial score (nSPS) is 10.3. The van der Waals surface area contributed by atoms with Gasteiger partial charge in [-0.2, -0.15) is 8.78 Å². The molecule has 4 nitrogen and oxygen atoms in total. The van der Waals surface area contributed by atoms with E-state index in [1.54, 1.807) is 0 Å². The summed E-state index contributed by atoms with van der Waals surface area (Å²) < 4.78 is 33.9. The van der Waals surface area contributed by atoms with Crippen LogP contribution in [0.25, 0.3) is 0 Å². The average Bonchev–Trinajstić information content (AvgIpc) is 2.34. The molecule has 106 valence electrons. The van der Waals surface area contributed by atoms with E-state index >= 15 is 0 Å². The van der Waals surface area contributed by atoms with Crippen LogP contribution in [0.5, 0.6) is 0 Å². The Morgan fingerprint density at radius 2 is 1.68 bits per heavy atom. The molecule has 0 aromatic heterocycles. The zero-order valence-corrected chi connectivity index (χ0v) is 10.9. The zero-order valence-electron chi connectivity index (χ0n) is 10.9. The first-order chi connectivity index (χ1) is 8.94. The summed E-state index contributed by atoms with van der Waals surface area (Å²) in [4.78, 5) is 23.8. The summed E-state index contributed by atoms with van der Waals surface area (Å²) in [6.45, 7) is 3.09. The molecule has 0 spiro atoms. The van der Waals surface area contributed by atoms with Crippen LogP contribution in [0.2, 0.25) is 0 Å². The summed E-state index contributed by atoms with van der Waals surface area (Å²) in [7, 11) is 0. The van der Waals surface area contributed by atoms with E-state index in [1.165, 1.54) is 13.8 Å².